The molecule has 0 aliphatic rings. The third-order valence-electron chi connectivity index (χ3n) is 3.57. The Kier molecular flexibility index (Phi) is 6.18. The fourth-order valence-electron chi connectivity index (χ4n) is 2.22. The van der Waals surface area contributed by atoms with Crippen LogP contribution in [0.5, 0.6) is 5.75 Å². The first kappa shape index (κ1) is 22.2. The van der Waals surface area contributed by atoms with E-state index in [4.69, 9.17) is 23.2 Å². The van der Waals surface area contributed by atoms with E-state index in [0.717, 1.165) is 0 Å². The molecule has 2 aromatic carbocycles. The molecule has 9 nitrogen and oxygen atoms in total. The van der Waals surface area contributed by atoms with Gasteiger partial charge in [0, 0.05) is 22.7 Å². The van der Waals surface area contributed by atoms with Gasteiger partial charge in [0.15, 0.2) is 0 Å². The molecule has 0 fully saturated rings. The van der Waals surface area contributed by atoms with E-state index < -0.39 is 44.4 Å². The monoisotopic (exact) mass is 452 g/mol. The van der Waals surface area contributed by atoms with Gasteiger partial charge in [0.2, 0.25) is 5.69 Å². The molecule has 29 heavy (non-hydrogen) atoms. The first-order chi connectivity index (χ1) is 13.3. The lowest BCUT2D eigenvalue weighted by Crippen LogP contribution is -2.10. The van der Waals surface area contributed by atoms with Crippen LogP contribution in [-0.4, -0.2) is 20.7 Å². The molecule has 0 saturated carbocycles. The van der Waals surface area contributed by atoms with Gasteiger partial charge in [-0.05, 0) is 19.1 Å². The van der Waals surface area contributed by atoms with E-state index in [-0.39, 0.29) is 33.5 Å². The van der Waals surface area contributed by atoms with Crippen LogP contribution < -0.4 is 5.43 Å². The van der Waals surface area contributed by atoms with E-state index in [9.17, 15) is 38.5 Å². The van der Waals surface area contributed by atoms with Crippen LogP contribution in [0.15, 0.2) is 29.4 Å². The minimum Gasteiger partial charge on any atom is -0.506 e. The number of phenols is 1. The van der Waals surface area contributed by atoms with Gasteiger partial charge in [-0.3, -0.25) is 25.7 Å². The first-order valence-electron chi connectivity index (χ1n) is 7.35. The van der Waals surface area contributed by atoms with E-state index in [1.54, 1.807) is 0 Å². The summed E-state index contributed by atoms with van der Waals surface area (Å²) in [4.78, 5) is 19.9. The number of nitro groups is 2. The van der Waals surface area contributed by atoms with Crippen LogP contribution in [-0.2, 0) is 6.18 Å². The van der Waals surface area contributed by atoms with Gasteiger partial charge in [0.1, 0.15) is 5.75 Å². The highest BCUT2D eigenvalue weighted by molar-refractivity contribution is 6.36. The van der Waals surface area contributed by atoms with Crippen molar-refractivity contribution in [2.75, 3.05) is 5.43 Å². The van der Waals surface area contributed by atoms with Crippen molar-refractivity contribution in [3.8, 4) is 5.75 Å². The third kappa shape index (κ3) is 4.84. The Morgan fingerprint density at radius 3 is 2.07 bits per heavy atom. The summed E-state index contributed by atoms with van der Waals surface area (Å²) in [6.45, 7) is 1.30. The van der Waals surface area contributed by atoms with Crippen molar-refractivity contribution < 1.29 is 28.1 Å². The van der Waals surface area contributed by atoms with Gasteiger partial charge >= 0.3 is 17.6 Å². The molecular weight excluding hydrogens is 444 g/mol. The molecule has 0 atom stereocenters. The summed E-state index contributed by atoms with van der Waals surface area (Å²) in [5, 5.41) is 36.0. The Morgan fingerprint density at radius 1 is 1.10 bits per heavy atom. The van der Waals surface area contributed by atoms with Crippen molar-refractivity contribution in [2.45, 2.75) is 13.1 Å². The number of benzene rings is 2. The molecule has 2 rings (SSSR count). The zero-order valence-electron chi connectivity index (χ0n) is 14.1. The minimum atomic E-state index is -5.05. The number of nitrogens with zero attached hydrogens (tertiary/aromatic N) is 3. The minimum absolute atomic E-state index is 0.00721. The highest BCUT2D eigenvalue weighted by Crippen LogP contribution is 2.41. The van der Waals surface area contributed by atoms with Crippen LogP contribution in [0.25, 0.3) is 0 Å². The third-order valence-corrected chi connectivity index (χ3v) is 4.08. The maximum Gasteiger partial charge on any atom is 0.416 e. The summed E-state index contributed by atoms with van der Waals surface area (Å²) in [5.41, 5.74) is -2.91. The summed E-state index contributed by atoms with van der Waals surface area (Å²) in [5.74, 6) is -0.435. The Labute approximate surface area is 169 Å². The van der Waals surface area contributed by atoms with Gasteiger partial charge in [-0.1, -0.05) is 23.2 Å². The van der Waals surface area contributed by atoms with Crippen molar-refractivity contribution in [3.63, 3.8) is 0 Å². The maximum absolute atomic E-state index is 12.9. The van der Waals surface area contributed by atoms with E-state index in [0.29, 0.717) is 0 Å². The number of hydrogen-bond acceptors (Lipinski definition) is 7. The van der Waals surface area contributed by atoms with Crippen LogP contribution >= 0.6 is 23.2 Å². The standard InChI is InChI=1S/C15H9Cl2F3N4O5/c1-6(9-4-8(16)5-10(17)14(9)25)21-22-13-11(23(26)27)2-7(15(18,19)20)3-12(13)24(28)29/h2-5,22,25H,1H3/b21-6-. The van der Waals surface area contributed by atoms with Gasteiger partial charge in [0.25, 0.3) is 0 Å². The number of nitrogens with one attached hydrogen (secondary N) is 1. The molecule has 0 spiro atoms. The zero-order chi connectivity index (χ0) is 22.1. The van der Waals surface area contributed by atoms with Crippen molar-refractivity contribution in [3.05, 3.63) is 65.7 Å². The van der Waals surface area contributed by atoms with Crippen molar-refractivity contribution in [1.82, 2.24) is 0 Å². The number of hydrogen-bond donors (Lipinski definition) is 2. The molecular formula is C15H9Cl2F3N4O5. The number of halogens is 5. The highest BCUT2D eigenvalue weighted by atomic mass is 35.5. The molecule has 154 valence electrons. The molecule has 0 bridgehead atoms. The number of rotatable bonds is 5. The number of nitro benzene ring substituents is 2. The Bertz CT molecular complexity index is 1010. The number of hydrazone groups is 1. The molecule has 0 amide bonds. The summed E-state index contributed by atoms with van der Waals surface area (Å²) in [7, 11) is 0. The van der Waals surface area contributed by atoms with Gasteiger partial charge < -0.3 is 5.11 Å². The Morgan fingerprint density at radius 2 is 1.62 bits per heavy atom. The van der Waals surface area contributed by atoms with Crippen LogP contribution in [0, 0.1) is 20.2 Å². The summed E-state index contributed by atoms with van der Waals surface area (Å²) in [6.07, 6.45) is -5.05. The van der Waals surface area contributed by atoms with Crippen molar-refractivity contribution >= 4 is 46.0 Å². The van der Waals surface area contributed by atoms with Crippen LogP contribution in [0.1, 0.15) is 18.1 Å². The lowest BCUT2D eigenvalue weighted by atomic mass is 10.1. The molecule has 0 heterocycles. The van der Waals surface area contributed by atoms with Crippen LogP contribution in [0.4, 0.5) is 30.2 Å². The van der Waals surface area contributed by atoms with E-state index in [1.807, 2.05) is 5.43 Å². The van der Waals surface area contributed by atoms with Crippen LogP contribution in [0.2, 0.25) is 10.0 Å². The average Bonchev–Trinajstić information content (AvgIpc) is 2.60. The fraction of sp³-hybridized carbons (Fsp3) is 0.133. The zero-order valence-corrected chi connectivity index (χ0v) is 15.6. The second-order valence-electron chi connectivity index (χ2n) is 5.49. The van der Waals surface area contributed by atoms with Gasteiger partial charge in [-0.25, -0.2) is 0 Å². The smallest absolute Gasteiger partial charge is 0.416 e. The van der Waals surface area contributed by atoms with Gasteiger partial charge in [0.05, 0.1) is 26.1 Å². The normalized spacial score (nSPS) is 12.0. The predicted molar refractivity (Wildman–Crippen MR) is 98.7 cm³/mol. The van der Waals surface area contributed by atoms with E-state index >= 15 is 0 Å². The second kappa shape index (κ2) is 8.09. The SMILES string of the molecule is C/C(=N/Nc1c([N+](=O)[O-])cc(C(F)(F)F)cc1[N+](=O)[O-])c1cc(Cl)cc(Cl)c1O. The van der Waals surface area contributed by atoms with Gasteiger partial charge in [-0.15, -0.1) is 0 Å². The van der Waals surface area contributed by atoms with E-state index in [1.165, 1.54) is 19.1 Å². The van der Waals surface area contributed by atoms with Gasteiger partial charge in [-0.2, -0.15) is 18.3 Å². The molecule has 14 heteroatoms. The average molecular weight is 453 g/mol. The number of anilines is 1. The molecule has 0 aliphatic heterocycles. The number of phenolic OH excluding ortho intramolecular Hbond substituents is 1. The predicted octanol–water partition coefficient (Wildman–Crippen LogP) is 5.37. The molecule has 0 aliphatic carbocycles. The van der Waals surface area contributed by atoms with E-state index in [2.05, 4.69) is 5.10 Å². The number of aromatic hydroxyl groups is 1. The van der Waals surface area contributed by atoms with Crippen molar-refractivity contribution in [2.24, 2.45) is 5.10 Å². The molecule has 0 aromatic heterocycles. The molecule has 0 radical (unpaired) electrons. The van der Waals surface area contributed by atoms with Crippen LogP contribution in [0.3, 0.4) is 0 Å². The first-order valence-corrected chi connectivity index (χ1v) is 8.11. The Balaban J connectivity index is 2.61. The van der Waals surface area contributed by atoms with Crippen molar-refractivity contribution in [1.29, 1.82) is 0 Å². The summed E-state index contributed by atoms with van der Waals surface area (Å²) in [6, 6.07) is 2.77. The summed E-state index contributed by atoms with van der Waals surface area (Å²) >= 11 is 11.6. The second-order valence-corrected chi connectivity index (χ2v) is 6.34. The quantitative estimate of drug-likeness (QED) is 0.356. The maximum atomic E-state index is 12.9. The highest BCUT2D eigenvalue weighted by Gasteiger charge is 2.37. The lowest BCUT2D eigenvalue weighted by molar-refractivity contribution is -0.392. The molecule has 0 saturated heterocycles. The fourth-order valence-corrected chi connectivity index (χ4v) is 2.71. The molecule has 2 aromatic rings. The largest absolute Gasteiger partial charge is 0.506 e. The topological polar surface area (TPSA) is 131 Å². The summed E-state index contributed by atoms with van der Waals surface area (Å²) < 4.78 is 38.7. The number of alkyl halides is 3. The molecule has 2 N–H and O–H groups in total. The molecule has 0 unspecified atom stereocenters. The Hall–Kier alpha value is -3.12. The lowest BCUT2D eigenvalue weighted by Gasteiger charge is -2.11.